The second-order valence-corrected chi connectivity index (χ2v) is 6.71. The molecule has 3 rings (SSSR count). The van der Waals surface area contributed by atoms with E-state index in [1.807, 2.05) is 0 Å². The van der Waals surface area contributed by atoms with Crippen molar-refractivity contribution in [2.75, 3.05) is 12.4 Å². The summed E-state index contributed by atoms with van der Waals surface area (Å²) >= 11 is 0. The van der Waals surface area contributed by atoms with E-state index in [-0.39, 0.29) is 17.9 Å². The summed E-state index contributed by atoms with van der Waals surface area (Å²) in [5.41, 5.74) is 1.38. The van der Waals surface area contributed by atoms with E-state index in [0.717, 1.165) is 23.8 Å². The standard InChI is InChI=1S/C23H19F3N2O3/c1-31-18-9-4-15(5-10-18)21(12-14-2-6-16(24)7-3-14)28-23(30)22(29)27-17-8-11-19(25)20(26)13-17/h2-11,13,21H,12H2,1H3,(H,27,29)(H,28,30)/t21-/m0/s1. The second kappa shape index (κ2) is 9.80. The molecule has 0 radical (unpaired) electrons. The van der Waals surface area contributed by atoms with Crippen LogP contribution in [-0.4, -0.2) is 18.9 Å². The highest BCUT2D eigenvalue weighted by molar-refractivity contribution is 6.39. The average molecular weight is 428 g/mol. The number of halogens is 3. The van der Waals surface area contributed by atoms with Crippen LogP contribution in [0.3, 0.4) is 0 Å². The molecule has 0 spiro atoms. The fraction of sp³-hybridized carbons (Fsp3) is 0.130. The molecule has 0 aliphatic rings. The number of nitrogens with one attached hydrogen (secondary N) is 2. The average Bonchev–Trinajstić information content (AvgIpc) is 2.77. The van der Waals surface area contributed by atoms with Gasteiger partial charge < -0.3 is 15.4 Å². The minimum absolute atomic E-state index is 0.0569. The summed E-state index contributed by atoms with van der Waals surface area (Å²) in [6, 6.07) is 14.8. The van der Waals surface area contributed by atoms with Crippen LogP contribution >= 0.6 is 0 Å². The molecule has 0 unspecified atom stereocenters. The van der Waals surface area contributed by atoms with Crippen LogP contribution in [0.1, 0.15) is 17.2 Å². The van der Waals surface area contributed by atoms with Crippen molar-refractivity contribution in [1.29, 1.82) is 0 Å². The van der Waals surface area contributed by atoms with E-state index >= 15 is 0 Å². The number of carbonyl (C=O) groups is 2. The minimum atomic E-state index is -1.15. The van der Waals surface area contributed by atoms with Crippen molar-refractivity contribution >= 4 is 17.5 Å². The van der Waals surface area contributed by atoms with Gasteiger partial charge in [-0.25, -0.2) is 13.2 Å². The fourth-order valence-corrected chi connectivity index (χ4v) is 2.93. The van der Waals surface area contributed by atoms with Gasteiger partial charge in [-0.15, -0.1) is 0 Å². The highest BCUT2D eigenvalue weighted by Gasteiger charge is 2.21. The van der Waals surface area contributed by atoms with E-state index in [4.69, 9.17) is 4.74 Å². The van der Waals surface area contributed by atoms with Crippen molar-refractivity contribution in [3.05, 3.63) is 95.3 Å². The Hall–Kier alpha value is -3.81. The van der Waals surface area contributed by atoms with E-state index in [1.165, 1.54) is 19.2 Å². The quantitative estimate of drug-likeness (QED) is 0.580. The Kier molecular flexibility index (Phi) is 6.92. The van der Waals surface area contributed by atoms with Crippen LogP contribution < -0.4 is 15.4 Å². The van der Waals surface area contributed by atoms with Crippen molar-refractivity contribution in [2.24, 2.45) is 0 Å². The van der Waals surface area contributed by atoms with Crippen molar-refractivity contribution < 1.29 is 27.5 Å². The maximum Gasteiger partial charge on any atom is 0.313 e. The summed E-state index contributed by atoms with van der Waals surface area (Å²) in [5, 5.41) is 4.86. The molecule has 0 aliphatic heterocycles. The molecule has 3 aromatic carbocycles. The Morgan fingerprint density at radius 1 is 0.871 bits per heavy atom. The van der Waals surface area contributed by atoms with Crippen LogP contribution in [0.4, 0.5) is 18.9 Å². The third kappa shape index (κ3) is 5.85. The number of methoxy groups -OCH3 is 1. The monoisotopic (exact) mass is 428 g/mol. The van der Waals surface area contributed by atoms with Gasteiger partial charge in [-0.1, -0.05) is 24.3 Å². The van der Waals surface area contributed by atoms with Crippen LogP contribution in [0, 0.1) is 17.5 Å². The molecular formula is C23H19F3N2O3. The summed E-state index contributed by atoms with van der Waals surface area (Å²) < 4.78 is 44.7. The zero-order valence-electron chi connectivity index (χ0n) is 16.5. The first-order valence-electron chi connectivity index (χ1n) is 9.31. The molecule has 8 heteroatoms. The third-order valence-corrected chi connectivity index (χ3v) is 4.56. The fourth-order valence-electron chi connectivity index (χ4n) is 2.93. The highest BCUT2D eigenvalue weighted by Crippen LogP contribution is 2.22. The van der Waals surface area contributed by atoms with Crippen LogP contribution in [-0.2, 0) is 16.0 Å². The molecule has 2 amide bonds. The molecule has 0 fully saturated rings. The van der Waals surface area contributed by atoms with Gasteiger partial charge in [-0.05, 0) is 53.9 Å². The van der Waals surface area contributed by atoms with E-state index in [1.54, 1.807) is 36.4 Å². The molecule has 0 heterocycles. The molecule has 0 aromatic heterocycles. The number of benzene rings is 3. The van der Waals surface area contributed by atoms with Crippen molar-refractivity contribution in [1.82, 2.24) is 5.32 Å². The summed E-state index contributed by atoms with van der Waals surface area (Å²) in [7, 11) is 1.52. The molecule has 160 valence electrons. The van der Waals surface area contributed by atoms with Crippen LogP contribution in [0.2, 0.25) is 0 Å². The van der Waals surface area contributed by atoms with Gasteiger partial charge in [0.1, 0.15) is 11.6 Å². The first kappa shape index (κ1) is 21.9. The molecule has 5 nitrogen and oxygen atoms in total. The molecular weight excluding hydrogens is 409 g/mol. The maximum atomic E-state index is 13.3. The topological polar surface area (TPSA) is 67.4 Å². The van der Waals surface area contributed by atoms with Gasteiger partial charge in [0.2, 0.25) is 0 Å². The van der Waals surface area contributed by atoms with E-state index in [9.17, 15) is 22.8 Å². The normalized spacial score (nSPS) is 11.5. The lowest BCUT2D eigenvalue weighted by Gasteiger charge is -2.20. The first-order valence-corrected chi connectivity index (χ1v) is 9.31. The van der Waals surface area contributed by atoms with Gasteiger partial charge in [0.25, 0.3) is 0 Å². The Morgan fingerprint density at radius 2 is 1.55 bits per heavy atom. The summed E-state index contributed by atoms with van der Waals surface area (Å²) in [6.45, 7) is 0. The van der Waals surface area contributed by atoms with Gasteiger partial charge in [-0.3, -0.25) is 9.59 Å². The number of amides is 2. The summed E-state index contributed by atoms with van der Waals surface area (Å²) in [6.07, 6.45) is 0.288. The minimum Gasteiger partial charge on any atom is -0.497 e. The van der Waals surface area contributed by atoms with Crippen molar-refractivity contribution in [3.8, 4) is 5.75 Å². The van der Waals surface area contributed by atoms with Gasteiger partial charge in [0.05, 0.1) is 13.2 Å². The van der Waals surface area contributed by atoms with Crippen molar-refractivity contribution in [3.63, 3.8) is 0 Å². The zero-order chi connectivity index (χ0) is 22.4. The molecule has 0 saturated heterocycles. The smallest absolute Gasteiger partial charge is 0.313 e. The second-order valence-electron chi connectivity index (χ2n) is 6.71. The Bertz CT molecular complexity index is 1070. The molecule has 0 aliphatic carbocycles. The lowest BCUT2D eigenvalue weighted by atomic mass is 9.98. The first-order chi connectivity index (χ1) is 14.9. The maximum absolute atomic E-state index is 13.3. The largest absolute Gasteiger partial charge is 0.497 e. The van der Waals surface area contributed by atoms with E-state index < -0.39 is 29.5 Å². The third-order valence-electron chi connectivity index (χ3n) is 4.56. The van der Waals surface area contributed by atoms with Gasteiger partial charge >= 0.3 is 11.8 Å². The van der Waals surface area contributed by atoms with E-state index in [0.29, 0.717) is 11.3 Å². The molecule has 0 saturated carbocycles. The summed E-state index contributed by atoms with van der Waals surface area (Å²) in [4.78, 5) is 24.7. The predicted molar refractivity (Wildman–Crippen MR) is 109 cm³/mol. The predicted octanol–water partition coefficient (Wildman–Crippen LogP) is 4.15. The Morgan fingerprint density at radius 3 is 2.16 bits per heavy atom. The lowest BCUT2D eigenvalue weighted by Crippen LogP contribution is -2.38. The Labute approximate surface area is 176 Å². The number of carbonyl (C=O) groups excluding carboxylic acids is 2. The zero-order valence-corrected chi connectivity index (χ0v) is 16.5. The highest BCUT2D eigenvalue weighted by atomic mass is 19.2. The van der Waals surface area contributed by atoms with Gasteiger partial charge in [0.15, 0.2) is 11.6 Å². The lowest BCUT2D eigenvalue weighted by molar-refractivity contribution is -0.136. The van der Waals surface area contributed by atoms with Crippen LogP contribution in [0.5, 0.6) is 5.75 Å². The molecule has 0 bridgehead atoms. The molecule has 1 atom stereocenters. The van der Waals surface area contributed by atoms with Gasteiger partial charge in [-0.2, -0.15) is 0 Å². The number of hydrogen-bond acceptors (Lipinski definition) is 3. The summed E-state index contributed by atoms with van der Waals surface area (Å²) in [5.74, 6) is -3.99. The number of ether oxygens (including phenoxy) is 1. The van der Waals surface area contributed by atoms with Crippen molar-refractivity contribution in [2.45, 2.75) is 12.5 Å². The number of rotatable bonds is 6. The Balaban J connectivity index is 1.77. The molecule has 3 aromatic rings. The molecule has 2 N–H and O–H groups in total. The van der Waals surface area contributed by atoms with Gasteiger partial charge in [0, 0.05) is 11.8 Å². The number of anilines is 1. The van der Waals surface area contributed by atoms with E-state index in [2.05, 4.69) is 10.6 Å². The van der Waals surface area contributed by atoms with Crippen LogP contribution in [0.25, 0.3) is 0 Å². The number of hydrogen-bond donors (Lipinski definition) is 2. The van der Waals surface area contributed by atoms with Crippen LogP contribution in [0.15, 0.2) is 66.7 Å². The SMILES string of the molecule is COc1ccc([C@H](Cc2ccc(F)cc2)NC(=O)C(=O)Nc2ccc(F)c(F)c2)cc1. The molecule has 31 heavy (non-hydrogen) atoms.